The fourth-order valence-corrected chi connectivity index (χ4v) is 3.28. The molecule has 1 atom stereocenters. The normalized spacial score (nSPS) is 19.6. The summed E-state index contributed by atoms with van der Waals surface area (Å²) < 4.78 is 0.967. The molecule has 0 spiro atoms. The van der Waals surface area contributed by atoms with E-state index in [4.69, 9.17) is 0 Å². The molecule has 2 aromatic heterocycles. The largest absolute Gasteiger partial charge is 0.372 e. The van der Waals surface area contributed by atoms with Crippen molar-refractivity contribution >= 4 is 32.7 Å². The second kappa shape index (κ2) is 5.66. The first-order valence-electron chi connectivity index (χ1n) is 6.93. The summed E-state index contributed by atoms with van der Waals surface area (Å²) in [6, 6.07) is 4.07. The number of hydrogen-bond donors (Lipinski definition) is 0. The van der Waals surface area contributed by atoms with E-state index >= 15 is 0 Å². The average Bonchev–Trinajstić information content (AvgIpc) is 2.83. The molecule has 0 saturated carbocycles. The Kier molecular flexibility index (Phi) is 3.89. The van der Waals surface area contributed by atoms with E-state index < -0.39 is 0 Å². The summed E-state index contributed by atoms with van der Waals surface area (Å²) in [5, 5.41) is 0. The van der Waals surface area contributed by atoms with Gasteiger partial charge in [-0.25, -0.2) is 0 Å². The van der Waals surface area contributed by atoms with Crippen LogP contribution >= 0.6 is 15.9 Å². The molecule has 20 heavy (non-hydrogen) atoms. The van der Waals surface area contributed by atoms with E-state index in [1.54, 1.807) is 0 Å². The summed E-state index contributed by atoms with van der Waals surface area (Å²) in [5.74, 6) is 0.740. The molecule has 0 N–H and O–H groups in total. The lowest BCUT2D eigenvalue weighted by molar-refractivity contribution is 0.396. The fraction of sp³-hybridized carbons (Fsp3) is 0.467. The van der Waals surface area contributed by atoms with Crippen LogP contribution in [0.5, 0.6) is 0 Å². The standard InChI is InChI=1S/C15H19BrN4/c1-19-6-4-11(9-19)10-20(2)14-3-5-17-13-7-12(16)8-18-15(13)14/h3,5,7-8,11H,4,6,9-10H2,1-2H3. The van der Waals surface area contributed by atoms with Crippen LogP contribution in [-0.4, -0.2) is 48.6 Å². The molecule has 2 aromatic rings. The number of halogens is 1. The molecule has 106 valence electrons. The van der Waals surface area contributed by atoms with Crippen LogP contribution in [0.4, 0.5) is 5.69 Å². The number of hydrogen-bond acceptors (Lipinski definition) is 4. The number of fused-ring (bicyclic) bond motifs is 1. The first-order chi connectivity index (χ1) is 9.63. The van der Waals surface area contributed by atoms with Crippen LogP contribution in [-0.2, 0) is 0 Å². The summed E-state index contributed by atoms with van der Waals surface area (Å²) in [6.07, 6.45) is 4.98. The van der Waals surface area contributed by atoms with Gasteiger partial charge >= 0.3 is 0 Å². The molecule has 1 aliphatic heterocycles. The molecular weight excluding hydrogens is 316 g/mol. The Morgan fingerprint density at radius 1 is 1.45 bits per heavy atom. The number of rotatable bonds is 3. The zero-order valence-corrected chi connectivity index (χ0v) is 13.5. The van der Waals surface area contributed by atoms with Gasteiger partial charge in [0.25, 0.3) is 0 Å². The van der Waals surface area contributed by atoms with Gasteiger partial charge in [0.15, 0.2) is 0 Å². The third-order valence-corrected chi connectivity index (χ3v) is 4.39. The molecule has 4 nitrogen and oxygen atoms in total. The van der Waals surface area contributed by atoms with Gasteiger partial charge in [-0.3, -0.25) is 9.97 Å². The highest BCUT2D eigenvalue weighted by atomic mass is 79.9. The Balaban J connectivity index is 1.85. The first kappa shape index (κ1) is 13.8. The number of anilines is 1. The minimum atomic E-state index is 0.740. The molecule has 0 radical (unpaired) electrons. The Labute approximate surface area is 127 Å². The van der Waals surface area contributed by atoms with Crippen LogP contribution in [0.1, 0.15) is 6.42 Å². The maximum absolute atomic E-state index is 4.53. The smallest absolute Gasteiger partial charge is 0.112 e. The molecule has 1 unspecified atom stereocenters. The van der Waals surface area contributed by atoms with Crippen LogP contribution in [0.3, 0.4) is 0 Å². The Morgan fingerprint density at radius 3 is 3.05 bits per heavy atom. The van der Waals surface area contributed by atoms with Crippen LogP contribution in [0.15, 0.2) is 29.0 Å². The van der Waals surface area contributed by atoms with E-state index in [2.05, 4.69) is 55.9 Å². The van der Waals surface area contributed by atoms with E-state index in [9.17, 15) is 0 Å². The monoisotopic (exact) mass is 334 g/mol. The van der Waals surface area contributed by atoms with Crippen molar-refractivity contribution in [1.29, 1.82) is 0 Å². The fourth-order valence-electron chi connectivity index (χ4n) is 2.96. The summed E-state index contributed by atoms with van der Waals surface area (Å²) in [7, 11) is 4.34. The molecule has 1 fully saturated rings. The molecule has 0 bridgehead atoms. The second-order valence-corrected chi connectivity index (χ2v) is 6.56. The third kappa shape index (κ3) is 2.79. The van der Waals surface area contributed by atoms with Crippen molar-refractivity contribution in [2.75, 3.05) is 38.6 Å². The molecule has 0 aliphatic carbocycles. The minimum absolute atomic E-state index is 0.740. The van der Waals surface area contributed by atoms with Crippen molar-refractivity contribution in [2.24, 2.45) is 5.92 Å². The first-order valence-corrected chi connectivity index (χ1v) is 7.73. The topological polar surface area (TPSA) is 32.3 Å². The number of nitrogens with zero attached hydrogens (tertiary/aromatic N) is 4. The lowest BCUT2D eigenvalue weighted by atomic mass is 10.1. The van der Waals surface area contributed by atoms with Gasteiger partial charge in [0.1, 0.15) is 5.52 Å². The summed E-state index contributed by atoms with van der Waals surface area (Å²) in [4.78, 5) is 13.6. The summed E-state index contributed by atoms with van der Waals surface area (Å²) in [6.45, 7) is 3.47. The van der Waals surface area contributed by atoms with Crippen LogP contribution in [0.25, 0.3) is 11.0 Å². The van der Waals surface area contributed by atoms with E-state index in [-0.39, 0.29) is 0 Å². The van der Waals surface area contributed by atoms with Gasteiger partial charge in [-0.1, -0.05) is 0 Å². The molecule has 3 rings (SSSR count). The lowest BCUT2D eigenvalue weighted by Crippen LogP contribution is -2.27. The second-order valence-electron chi connectivity index (χ2n) is 5.65. The molecule has 0 aromatic carbocycles. The molecule has 1 aliphatic rings. The van der Waals surface area contributed by atoms with Crippen LogP contribution in [0, 0.1) is 5.92 Å². The van der Waals surface area contributed by atoms with Gasteiger partial charge in [0.05, 0.1) is 11.2 Å². The maximum Gasteiger partial charge on any atom is 0.112 e. The minimum Gasteiger partial charge on any atom is -0.372 e. The van der Waals surface area contributed by atoms with E-state index in [1.165, 1.54) is 19.5 Å². The van der Waals surface area contributed by atoms with E-state index in [0.29, 0.717) is 0 Å². The van der Waals surface area contributed by atoms with Gasteiger partial charge in [0.2, 0.25) is 0 Å². The highest BCUT2D eigenvalue weighted by Gasteiger charge is 2.21. The number of likely N-dealkylation sites (tertiary alicyclic amines) is 1. The van der Waals surface area contributed by atoms with Crippen molar-refractivity contribution < 1.29 is 0 Å². The van der Waals surface area contributed by atoms with Crippen LogP contribution < -0.4 is 4.90 Å². The van der Waals surface area contributed by atoms with Crippen molar-refractivity contribution in [3.63, 3.8) is 0 Å². The Hall–Kier alpha value is -1.20. The van der Waals surface area contributed by atoms with Gasteiger partial charge in [0, 0.05) is 37.0 Å². The molecular formula is C15H19BrN4. The summed E-state index contributed by atoms with van der Waals surface area (Å²) >= 11 is 3.45. The zero-order chi connectivity index (χ0) is 14.1. The maximum atomic E-state index is 4.53. The van der Waals surface area contributed by atoms with E-state index in [1.807, 2.05) is 18.5 Å². The van der Waals surface area contributed by atoms with Gasteiger partial charge in [-0.2, -0.15) is 0 Å². The Bertz CT molecular complexity index is 616. The van der Waals surface area contributed by atoms with Gasteiger partial charge in [-0.15, -0.1) is 0 Å². The van der Waals surface area contributed by atoms with Crippen molar-refractivity contribution in [3.8, 4) is 0 Å². The summed E-state index contributed by atoms with van der Waals surface area (Å²) in [5.41, 5.74) is 3.08. The third-order valence-electron chi connectivity index (χ3n) is 3.96. The van der Waals surface area contributed by atoms with E-state index in [0.717, 1.165) is 33.7 Å². The van der Waals surface area contributed by atoms with Crippen molar-refractivity contribution in [2.45, 2.75) is 6.42 Å². The molecule has 1 saturated heterocycles. The number of aromatic nitrogens is 2. The molecule has 3 heterocycles. The van der Waals surface area contributed by atoms with Gasteiger partial charge < -0.3 is 9.80 Å². The van der Waals surface area contributed by atoms with Crippen LogP contribution in [0.2, 0.25) is 0 Å². The molecule has 5 heteroatoms. The zero-order valence-electron chi connectivity index (χ0n) is 11.9. The van der Waals surface area contributed by atoms with Gasteiger partial charge in [-0.05, 0) is 54.0 Å². The number of pyridine rings is 2. The predicted octanol–water partition coefficient (Wildman–Crippen LogP) is 2.78. The van der Waals surface area contributed by atoms with Crippen molar-refractivity contribution in [3.05, 3.63) is 29.0 Å². The predicted molar refractivity (Wildman–Crippen MR) is 86.1 cm³/mol. The highest BCUT2D eigenvalue weighted by Crippen LogP contribution is 2.26. The highest BCUT2D eigenvalue weighted by molar-refractivity contribution is 9.10. The average molecular weight is 335 g/mol. The van der Waals surface area contributed by atoms with Crippen molar-refractivity contribution in [1.82, 2.24) is 14.9 Å². The SMILES string of the molecule is CN1CCC(CN(C)c2ccnc3cc(Br)cnc23)C1. The Morgan fingerprint density at radius 2 is 2.30 bits per heavy atom. The lowest BCUT2D eigenvalue weighted by Gasteiger charge is -2.23. The molecule has 0 amide bonds. The quantitative estimate of drug-likeness (QED) is 0.863.